The second-order valence-corrected chi connectivity index (χ2v) is 7.52. The Balaban J connectivity index is 2.12. The largest absolute Gasteiger partial charge is 0.341 e. The summed E-state index contributed by atoms with van der Waals surface area (Å²) in [5.74, 6) is -0.388. The van der Waals surface area contributed by atoms with Crippen LogP contribution in [0.15, 0.2) is 30.3 Å². The van der Waals surface area contributed by atoms with Gasteiger partial charge in [-0.25, -0.2) is 8.42 Å². The zero-order chi connectivity index (χ0) is 14.8. The van der Waals surface area contributed by atoms with E-state index in [1.54, 1.807) is 4.90 Å². The summed E-state index contributed by atoms with van der Waals surface area (Å²) >= 11 is 0. The van der Waals surface area contributed by atoms with Gasteiger partial charge in [-0.1, -0.05) is 30.3 Å². The van der Waals surface area contributed by atoms with Gasteiger partial charge in [0.2, 0.25) is 5.91 Å². The fraction of sp³-hybridized carbons (Fsp3) is 0.500. The van der Waals surface area contributed by atoms with Gasteiger partial charge < -0.3 is 10.6 Å². The quantitative estimate of drug-likeness (QED) is 0.862. The van der Waals surface area contributed by atoms with Gasteiger partial charge in [0, 0.05) is 25.3 Å². The molecule has 0 aromatic heterocycles. The average molecular weight is 296 g/mol. The van der Waals surface area contributed by atoms with E-state index in [1.165, 1.54) is 0 Å². The van der Waals surface area contributed by atoms with Crippen molar-refractivity contribution in [3.63, 3.8) is 0 Å². The summed E-state index contributed by atoms with van der Waals surface area (Å²) < 4.78 is 22.5. The summed E-state index contributed by atoms with van der Waals surface area (Å²) in [4.78, 5) is 13.6. The Bertz CT molecular complexity index is 571. The van der Waals surface area contributed by atoms with Gasteiger partial charge in [0.25, 0.3) is 0 Å². The predicted molar refractivity (Wildman–Crippen MR) is 78.0 cm³/mol. The number of nitrogens with zero attached hydrogens (tertiary/aromatic N) is 1. The molecule has 1 aromatic carbocycles. The highest BCUT2D eigenvalue weighted by Crippen LogP contribution is 2.32. The van der Waals surface area contributed by atoms with E-state index < -0.39 is 15.6 Å². The Kier molecular flexibility index (Phi) is 4.45. The molecule has 1 aliphatic rings. The van der Waals surface area contributed by atoms with Crippen molar-refractivity contribution in [2.24, 2.45) is 11.7 Å². The second kappa shape index (κ2) is 5.93. The molecular formula is C14H20N2O3S. The molecule has 1 amide bonds. The van der Waals surface area contributed by atoms with Crippen molar-refractivity contribution in [3.8, 4) is 0 Å². The molecule has 110 valence electrons. The monoisotopic (exact) mass is 296 g/mol. The van der Waals surface area contributed by atoms with E-state index in [0.29, 0.717) is 19.6 Å². The maximum absolute atomic E-state index is 12.0. The topological polar surface area (TPSA) is 80.5 Å². The van der Waals surface area contributed by atoms with Gasteiger partial charge in [0.05, 0.1) is 0 Å². The molecule has 1 heterocycles. The highest BCUT2D eigenvalue weighted by Gasteiger charge is 2.35. The summed E-state index contributed by atoms with van der Waals surface area (Å²) in [7, 11) is -3.29. The lowest BCUT2D eigenvalue weighted by Gasteiger charge is -2.16. The van der Waals surface area contributed by atoms with Crippen molar-refractivity contribution >= 4 is 15.7 Å². The van der Waals surface area contributed by atoms with Gasteiger partial charge in [0.1, 0.15) is 5.75 Å². The predicted octanol–water partition coefficient (Wildman–Crippen LogP) is 0.232. The van der Waals surface area contributed by atoms with Crippen molar-refractivity contribution < 1.29 is 13.2 Å². The number of amides is 1. The minimum Gasteiger partial charge on any atom is -0.341 e. The molecule has 2 atom stereocenters. The highest BCUT2D eigenvalue weighted by molar-refractivity contribution is 7.91. The third kappa shape index (κ3) is 3.58. The third-order valence-corrected chi connectivity index (χ3v) is 4.48. The first kappa shape index (κ1) is 15.0. The summed E-state index contributed by atoms with van der Waals surface area (Å²) in [6, 6.07) is 9.92. The summed E-state index contributed by atoms with van der Waals surface area (Å²) in [6.45, 7) is 1.56. The van der Waals surface area contributed by atoms with Gasteiger partial charge in [-0.3, -0.25) is 4.79 Å². The number of rotatable bonds is 4. The van der Waals surface area contributed by atoms with E-state index in [4.69, 9.17) is 5.73 Å². The van der Waals surface area contributed by atoms with Crippen molar-refractivity contribution in [1.29, 1.82) is 0 Å². The standard InChI is InChI=1S/C14H20N2O3S/c1-20(18,19)10-14(17)16-8-12(7-15)13(9-16)11-5-3-2-4-6-11/h2-6,12-13H,7-10,15H2,1H3/t12-,13+/m1/s1. The summed E-state index contributed by atoms with van der Waals surface area (Å²) in [5.41, 5.74) is 6.95. The average Bonchev–Trinajstić information content (AvgIpc) is 2.82. The maximum Gasteiger partial charge on any atom is 0.237 e. The zero-order valence-electron chi connectivity index (χ0n) is 11.5. The molecule has 1 aromatic rings. The number of carbonyl (C=O) groups is 1. The van der Waals surface area contributed by atoms with Crippen LogP contribution in [0.25, 0.3) is 0 Å². The van der Waals surface area contributed by atoms with Crippen LogP contribution in [0.2, 0.25) is 0 Å². The molecule has 0 saturated carbocycles. The van der Waals surface area contributed by atoms with Crippen LogP contribution in [0.1, 0.15) is 11.5 Å². The number of benzene rings is 1. The van der Waals surface area contributed by atoms with Crippen molar-refractivity contribution in [1.82, 2.24) is 4.90 Å². The van der Waals surface area contributed by atoms with Crippen LogP contribution in [-0.4, -0.2) is 50.9 Å². The maximum atomic E-state index is 12.0. The molecule has 1 aliphatic heterocycles. The van der Waals surface area contributed by atoms with E-state index in [9.17, 15) is 13.2 Å². The number of hydrogen-bond acceptors (Lipinski definition) is 4. The molecule has 5 nitrogen and oxygen atoms in total. The second-order valence-electron chi connectivity index (χ2n) is 5.38. The molecule has 0 unspecified atom stereocenters. The van der Waals surface area contributed by atoms with E-state index in [2.05, 4.69) is 0 Å². The SMILES string of the molecule is CS(=O)(=O)CC(=O)N1C[C@@H](CN)[C@H](c2ccccc2)C1. The van der Waals surface area contributed by atoms with E-state index >= 15 is 0 Å². The first-order valence-corrected chi connectivity index (χ1v) is 8.67. The Hall–Kier alpha value is -1.40. The van der Waals surface area contributed by atoms with Crippen LogP contribution in [-0.2, 0) is 14.6 Å². The minimum atomic E-state index is -3.29. The van der Waals surface area contributed by atoms with Crippen LogP contribution < -0.4 is 5.73 Å². The first-order valence-electron chi connectivity index (χ1n) is 6.61. The minimum absolute atomic E-state index is 0.181. The van der Waals surface area contributed by atoms with Gasteiger partial charge in [-0.2, -0.15) is 0 Å². The number of hydrogen-bond donors (Lipinski definition) is 1. The Morgan fingerprint density at radius 2 is 1.95 bits per heavy atom. The lowest BCUT2D eigenvalue weighted by molar-refractivity contribution is -0.127. The van der Waals surface area contributed by atoms with E-state index in [-0.39, 0.29) is 17.7 Å². The smallest absolute Gasteiger partial charge is 0.237 e. The van der Waals surface area contributed by atoms with Gasteiger partial charge in [-0.05, 0) is 18.0 Å². The lowest BCUT2D eigenvalue weighted by Crippen LogP contribution is -2.34. The van der Waals surface area contributed by atoms with Crippen molar-refractivity contribution in [2.45, 2.75) is 5.92 Å². The van der Waals surface area contributed by atoms with Crippen molar-refractivity contribution in [2.75, 3.05) is 31.6 Å². The molecule has 0 spiro atoms. The number of likely N-dealkylation sites (tertiary alicyclic amines) is 1. The normalized spacial score (nSPS) is 23.0. The zero-order valence-corrected chi connectivity index (χ0v) is 12.3. The fourth-order valence-electron chi connectivity index (χ4n) is 2.71. The Morgan fingerprint density at radius 3 is 2.50 bits per heavy atom. The lowest BCUT2D eigenvalue weighted by atomic mass is 9.89. The summed E-state index contributed by atoms with van der Waals surface area (Å²) in [5, 5.41) is 0. The highest BCUT2D eigenvalue weighted by atomic mass is 32.2. The van der Waals surface area contributed by atoms with Crippen LogP contribution in [0.3, 0.4) is 0 Å². The molecule has 0 aliphatic carbocycles. The number of carbonyl (C=O) groups excluding carboxylic acids is 1. The van der Waals surface area contributed by atoms with Crippen molar-refractivity contribution in [3.05, 3.63) is 35.9 Å². The third-order valence-electron chi connectivity index (χ3n) is 3.71. The number of sulfone groups is 1. The van der Waals surface area contributed by atoms with Crippen LogP contribution in [0.5, 0.6) is 0 Å². The fourth-order valence-corrected chi connectivity index (χ4v) is 3.34. The molecule has 20 heavy (non-hydrogen) atoms. The molecule has 0 radical (unpaired) electrons. The van der Waals surface area contributed by atoms with Crippen LogP contribution in [0, 0.1) is 5.92 Å². The van der Waals surface area contributed by atoms with E-state index in [0.717, 1.165) is 11.8 Å². The molecule has 0 bridgehead atoms. The van der Waals surface area contributed by atoms with Crippen LogP contribution in [0.4, 0.5) is 0 Å². The summed E-state index contributed by atoms with van der Waals surface area (Å²) in [6.07, 6.45) is 1.08. The van der Waals surface area contributed by atoms with Gasteiger partial charge in [0.15, 0.2) is 9.84 Å². The molecule has 1 saturated heterocycles. The molecule has 6 heteroatoms. The molecule has 1 fully saturated rings. The Morgan fingerprint density at radius 1 is 1.30 bits per heavy atom. The number of nitrogens with two attached hydrogens (primary N) is 1. The first-order chi connectivity index (χ1) is 9.40. The van der Waals surface area contributed by atoms with Crippen LogP contribution >= 0.6 is 0 Å². The molecular weight excluding hydrogens is 276 g/mol. The van der Waals surface area contributed by atoms with Gasteiger partial charge in [-0.15, -0.1) is 0 Å². The molecule has 2 rings (SSSR count). The molecule has 2 N–H and O–H groups in total. The van der Waals surface area contributed by atoms with E-state index in [1.807, 2.05) is 30.3 Å². The Labute approximate surface area is 119 Å². The van der Waals surface area contributed by atoms with Gasteiger partial charge >= 0.3 is 0 Å².